The molecule has 2 aromatic heterocycles. The Morgan fingerprint density at radius 1 is 0.952 bits per heavy atom. The van der Waals surface area contributed by atoms with Crippen LogP contribution >= 0.6 is 0 Å². The van der Waals surface area contributed by atoms with Crippen LogP contribution in [0.2, 0.25) is 0 Å². The molecule has 2 nitrogen and oxygen atoms in total. The van der Waals surface area contributed by atoms with E-state index < -0.39 is 0 Å². The monoisotopic (exact) mass is 274 g/mol. The van der Waals surface area contributed by atoms with E-state index in [0.717, 1.165) is 23.9 Å². The summed E-state index contributed by atoms with van der Waals surface area (Å²) in [6.45, 7) is 2.13. The van der Waals surface area contributed by atoms with Crippen LogP contribution in [0.1, 0.15) is 29.7 Å². The van der Waals surface area contributed by atoms with Crippen LogP contribution in [-0.4, -0.2) is 9.97 Å². The molecule has 2 heterocycles. The third-order valence-corrected chi connectivity index (χ3v) is 4.36. The Labute approximate surface area is 124 Å². The van der Waals surface area contributed by atoms with Gasteiger partial charge in [0.15, 0.2) is 0 Å². The van der Waals surface area contributed by atoms with Crippen molar-refractivity contribution < 1.29 is 0 Å². The van der Waals surface area contributed by atoms with Gasteiger partial charge in [-0.15, -0.1) is 0 Å². The molecule has 0 radical (unpaired) electrons. The number of hydrogen-bond donors (Lipinski definition) is 0. The molecule has 0 aliphatic heterocycles. The van der Waals surface area contributed by atoms with Gasteiger partial charge < -0.3 is 0 Å². The summed E-state index contributed by atoms with van der Waals surface area (Å²) in [6, 6.07) is 12.8. The lowest BCUT2D eigenvalue weighted by Crippen LogP contribution is -2.08. The van der Waals surface area contributed by atoms with E-state index >= 15 is 0 Å². The first-order chi connectivity index (χ1) is 10.3. The van der Waals surface area contributed by atoms with Crippen LogP contribution in [0, 0.1) is 6.92 Å². The number of pyridine rings is 2. The minimum absolute atomic E-state index is 1.02. The molecule has 0 spiro atoms. The molecular weight excluding hydrogens is 256 g/mol. The van der Waals surface area contributed by atoms with E-state index in [4.69, 9.17) is 4.98 Å². The normalized spacial score (nSPS) is 14.1. The SMILES string of the molecule is Cc1ccc(-c2c3c(nc4cccnc24)CCCC3)cc1. The third-order valence-electron chi connectivity index (χ3n) is 4.36. The fraction of sp³-hybridized carbons (Fsp3) is 0.263. The summed E-state index contributed by atoms with van der Waals surface area (Å²) in [6.07, 6.45) is 6.60. The molecular formula is C19H18N2. The van der Waals surface area contributed by atoms with Crippen molar-refractivity contribution in [1.82, 2.24) is 9.97 Å². The zero-order valence-corrected chi connectivity index (χ0v) is 12.3. The van der Waals surface area contributed by atoms with Crippen LogP contribution < -0.4 is 0 Å². The summed E-state index contributed by atoms with van der Waals surface area (Å²) in [5.41, 5.74) is 8.61. The van der Waals surface area contributed by atoms with Crippen molar-refractivity contribution in [1.29, 1.82) is 0 Å². The number of aromatic nitrogens is 2. The number of fused-ring (bicyclic) bond motifs is 2. The molecule has 4 rings (SSSR count). The highest BCUT2D eigenvalue weighted by molar-refractivity contribution is 5.93. The second-order valence-electron chi connectivity index (χ2n) is 5.86. The number of nitrogens with zero attached hydrogens (tertiary/aromatic N) is 2. The summed E-state index contributed by atoms with van der Waals surface area (Å²) in [5, 5.41) is 0. The highest BCUT2D eigenvalue weighted by Gasteiger charge is 2.19. The predicted octanol–water partition coefficient (Wildman–Crippen LogP) is 4.48. The molecule has 0 N–H and O–H groups in total. The fourth-order valence-corrected chi connectivity index (χ4v) is 3.28. The van der Waals surface area contributed by atoms with Crippen LogP contribution in [0.5, 0.6) is 0 Å². The van der Waals surface area contributed by atoms with E-state index in [1.165, 1.54) is 40.8 Å². The average Bonchev–Trinajstić information content (AvgIpc) is 2.53. The van der Waals surface area contributed by atoms with Gasteiger partial charge in [-0.05, 0) is 55.9 Å². The summed E-state index contributed by atoms with van der Waals surface area (Å²) in [4.78, 5) is 9.48. The number of aryl methyl sites for hydroxylation is 2. The van der Waals surface area contributed by atoms with Gasteiger partial charge in [0.1, 0.15) is 0 Å². The quantitative estimate of drug-likeness (QED) is 0.653. The summed E-state index contributed by atoms with van der Waals surface area (Å²) in [7, 11) is 0. The maximum Gasteiger partial charge on any atom is 0.0967 e. The molecule has 1 aromatic carbocycles. The van der Waals surface area contributed by atoms with Crippen molar-refractivity contribution in [2.45, 2.75) is 32.6 Å². The minimum atomic E-state index is 1.02. The molecule has 0 saturated carbocycles. The Hall–Kier alpha value is -2.22. The van der Waals surface area contributed by atoms with Crippen LogP contribution in [0.4, 0.5) is 0 Å². The van der Waals surface area contributed by atoms with Crippen LogP contribution in [0.15, 0.2) is 42.6 Å². The van der Waals surface area contributed by atoms with Crippen molar-refractivity contribution in [3.63, 3.8) is 0 Å². The fourth-order valence-electron chi connectivity index (χ4n) is 3.28. The second-order valence-corrected chi connectivity index (χ2v) is 5.86. The first-order valence-electron chi connectivity index (χ1n) is 7.66. The predicted molar refractivity (Wildman–Crippen MR) is 86.4 cm³/mol. The van der Waals surface area contributed by atoms with Gasteiger partial charge in [0.25, 0.3) is 0 Å². The lowest BCUT2D eigenvalue weighted by molar-refractivity contribution is 0.672. The molecule has 0 bridgehead atoms. The van der Waals surface area contributed by atoms with Crippen LogP contribution in [-0.2, 0) is 12.8 Å². The maximum atomic E-state index is 4.86. The lowest BCUT2D eigenvalue weighted by atomic mass is 9.88. The molecule has 1 aliphatic rings. The zero-order valence-electron chi connectivity index (χ0n) is 12.3. The van der Waals surface area contributed by atoms with Gasteiger partial charge in [0.05, 0.1) is 11.0 Å². The first kappa shape index (κ1) is 12.5. The Morgan fingerprint density at radius 3 is 2.62 bits per heavy atom. The first-order valence-corrected chi connectivity index (χ1v) is 7.66. The van der Waals surface area contributed by atoms with Gasteiger partial charge in [0, 0.05) is 17.5 Å². The highest BCUT2D eigenvalue weighted by atomic mass is 14.8. The molecule has 0 saturated heterocycles. The Kier molecular flexibility index (Phi) is 2.95. The molecule has 0 fully saturated rings. The van der Waals surface area contributed by atoms with Gasteiger partial charge in [-0.3, -0.25) is 9.97 Å². The van der Waals surface area contributed by atoms with E-state index in [1.54, 1.807) is 0 Å². The van der Waals surface area contributed by atoms with Gasteiger partial charge in [0.2, 0.25) is 0 Å². The lowest BCUT2D eigenvalue weighted by Gasteiger charge is -2.20. The largest absolute Gasteiger partial charge is 0.254 e. The van der Waals surface area contributed by atoms with Crippen LogP contribution in [0.25, 0.3) is 22.2 Å². The van der Waals surface area contributed by atoms with Crippen LogP contribution in [0.3, 0.4) is 0 Å². The molecule has 2 heteroatoms. The van der Waals surface area contributed by atoms with Crippen molar-refractivity contribution >= 4 is 11.0 Å². The average molecular weight is 274 g/mol. The van der Waals surface area contributed by atoms with E-state index in [-0.39, 0.29) is 0 Å². The minimum Gasteiger partial charge on any atom is -0.254 e. The van der Waals surface area contributed by atoms with Gasteiger partial charge in [-0.2, -0.15) is 0 Å². The summed E-state index contributed by atoms with van der Waals surface area (Å²) in [5.74, 6) is 0. The van der Waals surface area contributed by atoms with E-state index in [9.17, 15) is 0 Å². The Morgan fingerprint density at radius 2 is 1.76 bits per heavy atom. The maximum absolute atomic E-state index is 4.86. The second kappa shape index (κ2) is 4.96. The molecule has 0 unspecified atom stereocenters. The van der Waals surface area contributed by atoms with E-state index in [1.807, 2.05) is 12.3 Å². The zero-order chi connectivity index (χ0) is 14.2. The standard InChI is InChI=1S/C19H18N2/c1-13-8-10-14(11-9-13)18-15-5-2-3-6-16(15)21-17-7-4-12-20-19(17)18/h4,7-12H,2-3,5-6H2,1H3. The molecule has 0 amide bonds. The topological polar surface area (TPSA) is 25.8 Å². The van der Waals surface area contributed by atoms with Crippen molar-refractivity contribution in [2.75, 3.05) is 0 Å². The summed E-state index contributed by atoms with van der Waals surface area (Å²) < 4.78 is 0. The van der Waals surface area contributed by atoms with Gasteiger partial charge >= 0.3 is 0 Å². The Bertz CT molecular complexity index is 804. The number of rotatable bonds is 1. The van der Waals surface area contributed by atoms with E-state index in [2.05, 4.69) is 42.2 Å². The molecule has 0 atom stereocenters. The molecule has 1 aliphatic carbocycles. The molecule has 21 heavy (non-hydrogen) atoms. The number of benzene rings is 1. The summed E-state index contributed by atoms with van der Waals surface area (Å²) >= 11 is 0. The smallest absolute Gasteiger partial charge is 0.0967 e. The van der Waals surface area contributed by atoms with E-state index in [0.29, 0.717) is 0 Å². The van der Waals surface area contributed by atoms with Crippen molar-refractivity contribution in [3.8, 4) is 11.1 Å². The molecule has 104 valence electrons. The van der Waals surface area contributed by atoms with Crippen molar-refractivity contribution in [2.24, 2.45) is 0 Å². The van der Waals surface area contributed by atoms with Crippen molar-refractivity contribution in [3.05, 3.63) is 59.4 Å². The van der Waals surface area contributed by atoms with Gasteiger partial charge in [-0.1, -0.05) is 29.8 Å². The van der Waals surface area contributed by atoms with Gasteiger partial charge in [-0.25, -0.2) is 0 Å². The Balaban J connectivity index is 2.07. The highest BCUT2D eigenvalue weighted by Crippen LogP contribution is 2.35. The molecule has 3 aromatic rings. The third kappa shape index (κ3) is 2.11. The number of hydrogen-bond acceptors (Lipinski definition) is 2.